The highest BCUT2D eigenvalue weighted by Crippen LogP contribution is 2.31. The minimum atomic E-state index is -3.94. The van der Waals surface area contributed by atoms with Gasteiger partial charge in [0.15, 0.2) is 9.84 Å². The number of rotatable bonds is 7. The summed E-state index contributed by atoms with van der Waals surface area (Å²) in [6.07, 6.45) is 0. The second-order valence-corrected chi connectivity index (χ2v) is 10.0. The first-order chi connectivity index (χ1) is 14.8. The molecule has 1 heterocycles. The van der Waals surface area contributed by atoms with Crippen molar-refractivity contribution < 1.29 is 22.4 Å². The van der Waals surface area contributed by atoms with Crippen molar-refractivity contribution >= 4 is 44.6 Å². The van der Waals surface area contributed by atoms with Crippen LogP contribution in [0.1, 0.15) is 15.7 Å². The molecule has 0 fully saturated rings. The zero-order valence-electron chi connectivity index (χ0n) is 16.0. The Balaban J connectivity index is 1.69. The summed E-state index contributed by atoms with van der Waals surface area (Å²) in [6, 6.07) is 14.6. The Bertz CT molecular complexity index is 1170. The molecular formula is C21H18ClFN2O4S2. The molecule has 1 atom stereocenters. The summed E-state index contributed by atoms with van der Waals surface area (Å²) in [6.45, 7) is -0.271. The zero-order chi connectivity index (χ0) is 22.4. The van der Waals surface area contributed by atoms with Crippen molar-refractivity contribution in [1.82, 2.24) is 10.6 Å². The lowest BCUT2D eigenvalue weighted by molar-refractivity contribution is -0.139. The molecule has 0 bridgehead atoms. The van der Waals surface area contributed by atoms with Crippen LogP contribution in [0.15, 0.2) is 70.9 Å². The fourth-order valence-electron chi connectivity index (χ4n) is 2.79. The van der Waals surface area contributed by atoms with E-state index in [2.05, 4.69) is 10.6 Å². The van der Waals surface area contributed by atoms with Crippen LogP contribution in [0.25, 0.3) is 0 Å². The molecular weight excluding hydrogens is 463 g/mol. The highest BCUT2D eigenvalue weighted by atomic mass is 35.5. The molecule has 162 valence electrons. The maximum Gasteiger partial charge on any atom is 0.309 e. The molecule has 3 rings (SSSR count). The lowest BCUT2D eigenvalue weighted by Crippen LogP contribution is -2.42. The van der Waals surface area contributed by atoms with Gasteiger partial charge in [0.2, 0.25) is 0 Å². The number of thiophene rings is 1. The summed E-state index contributed by atoms with van der Waals surface area (Å²) in [4.78, 5) is 24.8. The van der Waals surface area contributed by atoms with Gasteiger partial charge < -0.3 is 10.6 Å². The Kier molecular flexibility index (Phi) is 7.42. The number of hydrogen-bond donors (Lipinski definition) is 2. The van der Waals surface area contributed by atoms with Crippen LogP contribution in [0.5, 0.6) is 0 Å². The van der Waals surface area contributed by atoms with Crippen LogP contribution in [-0.4, -0.2) is 26.8 Å². The van der Waals surface area contributed by atoms with E-state index >= 15 is 0 Å². The number of carbonyl (C=O) groups is 2. The van der Waals surface area contributed by atoms with E-state index < -0.39 is 32.7 Å². The summed E-state index contributed by atoms with van der Waals surface area (Å²) in [5, 5.41) is 5.86. The monoisotopic (exact) mass is 480 g/mol. The number of carbonyl (C=O) groups excluding carboxylic acids is 2. The van der Waals surface area contributed by atoms with Crippen LogP contribution in [0.2, 0.25) is 5.02 Å². The van der Waals surface area contributed by atoms with E-state index in [-0.39, 0.29) is 18.0 Å². The van der Waals surface area contributed by atoms with Crippen molar-refractivity contribution in [2.45, 2.75) is 16.7 Å². The van der Waals surface area contributed by atoms with Crippen LogP contribution in [0, 0.1) is 5.82 Å². The maximum atomic E-state index is 13.2. The standard InChI is InChI=1S/C21H18ClFN2O4S2/c22-17-5-2-1-4-14(17)12-24-20(26)21(27)25-13-19(18-6-3-11-30-18)31(28,29)16-9-7-15(23)8-10-16/h1-11,19H,12-13H2,(H,24,26)(H,25,27)/t19-/m0/s1. The van der Waals surface area contributed by atoms with Gasteiger partial charge in [0.25, 0.3) is 0 Å². The molecule has 10 heteroatoms. The molecule has 2 N–H and O–H groups in total. The molecule has 0 spiro atoms. The third-order valence-electron chi connectivity index (χ3n) is 4.43. The average Bonchev–Trinajstić information content (AvgIpc) is 3.27. The van der Waals surface area contributed by atoms with E-state index in [0.29, 0.717) is 15.5 Å². The molecule has 2 amide bonds. The summed E-state index contributed by atoms with van der Waals surface area (Å²) in [7, 11) is -3.94. The van der Waals surface area contributed by atoms with Crippen molar-refractivity contribution in [2.75, 3.05) is 6.54 Å². The van der Waals surface area contributed by atoms with Crippen molar-refractivity contribution in [3.8, 4) is 0 Å². The first-order valence-corrected chi connectivity index (χ1v) is 11.9. The minimum absolute atomic E-state index is 0.0498. The Labute approximate surface area is 188 Å². The molecule has 0 saturated carbocycles. The van der Waals surface area contributed by atoms with Gasteiger partial charge in [-0.1, -0.05) is 35.9 Å². The first-order valence-electron chi connectivity index (χ1n) is 9.11. The van der Waals surface area contributed by atoms with Crippen molar-refractivity contribution in [3.63, 3.8) is 0 Å². The molecule has 0 saturated heterocycles. The molecule has 6 nitrogen and oxygen atoms in total. The van der Waals surface area contributed by atoms with Crippen molar-refractivity contribution in [3.05, 3.63) is 87.3 Å². The number of nitrogens with one attached hydrogen (secondary N) is 2. The van der Waals surface area contributed by atoms with Crippen molar-refractivity contribution in [2.24, 2.45) is 0 Å². The van der Waals surface area contributed by atoms with Crippen LogP contribution in [0.4, 0.5) is 4.39 Å². The van der Waals surface area contributed by atoms with Gasteiger partial charge in [0, 0.05) is 23.0 Å². The highest BCUT2D eigenvalue weighted by molar-refractivity contribution is 7.91. The van der Waals surface area contributed by atoms with Gasteiger partial charge >= 0.3 is 11.8 Å². The topological polar surface area (TPSA) is 92.3 Å². The van der Waals surface area contributed by atoms with Crippen LogP contribution < -0.4 is 10.6 Å². The van der Waals surface area contributed by atoms with E-state index in [1.165, 1.54) is 23.5 Å². The van der Waals surface area contributed by atoms with Crippen LogP contribution in [-0.2, 0) is 26.0 Å². The van der Waals surface area contributed by atoms with Crippen LogP contribution in [0.3, 0.4) is 0 Å². The van der Waals surface area contributed by atoms with Gasteiger partial charge in [0.05, 0.1) is 4.90 Å². The Hall–Kier alpha value is -2.75. The first kappa shape index (κ1) is 22.9. The van der Waals surface area contributed by atoms with Gasteiger partial charge in [0.1, 0.15) is 11.1 Å². The molecule has 0 radical (unpaired) electrons. The van der Waals surface area contributed by atoms with Crippen LogP contribution >= 0.6 is 22.9 Å². The average molecular weight is 481 g/mol. The van der Waals surface area contributed by atoms with Gasteiger partial charge in [-0.3, -0.25) is 9.59 Å². The summed E-state index contributed by atoms with van der Waals surface area (Å²) in [5.41, 5.74) is 0.640. The molecule has 2 aromatic carbocycles. The maximum absolute atomic E-state index is 13.2. The van der Waals surface area contributed by atoms with Gasteiger partial charge in [-0.15, -0.1) is 11.3 Å². The number of benzene rings is 2. The summed E-state index contributed by atoms with van der Waals surface area (Å²) < 4.78 is 39.4. The molecule has 0 unspecified atom stereocenters. The molecule has 0 aliphatic rings. The number of hydrogen-bond acceptors (Lipinski definition) is 5. The van der Waals surface area contributed by atoms with Gasteiger partial charge in [-0.25, -0.2) is 12.8 Å². The van der Waals surface area contributed by atoms with Gasteiger partial charge in [-0.2, -0.15) is 0 Å². The molecule has 0 aliphatic carbocycles. The Morgan fingerprint density at radius 1 is 0.968 bits per heavy atom. The lowest BCUT2D eigenvalue weighted by Gasteiger charge is -2.17. The Morgan fingerprint density at radius 2 is 1.65 bits per heavy atom. The second-order valence-electron chi connectivity index (χ2n) is 6.49. The number of sulfone groups is 1. The van der Waals surface area contributed by atoms with E-state index in [1.807, 2.05) is 0 Å². The Morgan fingerprint density at radius 3 is 2.29 bits per heavy atom. The molecule has 31 heavy (non-hydrogen) atoms. The predicted octanol–water partition coefficient (Wildman–Crippen LogP) is 3.49. The van der Waals surface area contributed by atoms with Gasteiger partial charge in [-0.05, 0) is 47.3 Å². The third kappa shape index (κ3) is 5.69. The minimum Gasteiger partial charge on any atom is -0.346 e. The van der Waals surface area contributed by atoms with E-state index in [4.69, 9.17) is 11.6 Å². The summed E-state index contributed by atoms with van der Waals surface area (Å²) >= 11 is 7.23. The highest BCUT2D eigenvalue weighted by Gasteiger charge is 2.31. The fraction of sp³-hybridized carbons (Fsp3) is 0.143. The number of amides is 2. The zero-order valence-corrected chi connectivity index (χ0v) is 18.4. The van der Waals surface area contributed by atoms with E-state index in [1.54, 1.807) is 41.8 Å². The quantitative estimate of drug-likeness (QED) is 0.400. The summed E-state index contributed by atoms with van der Waals surface area (Å²) in [5.74, 6) is -2.44. The normalized spacial score (nSPS) is 12.2. The third-order valence-corrected chi connectivity index (χ3v) is 8.03. The van der Waals surface area contributed by atoms with E-state index in [0.717, 1.165) is 12.1 Å². The fourth-order valence-corrected chi connectivity index (χ4v) is 5.78. The largest absolute Gasteiger partial charge is 0.346 e. The predicted molar refractivity (Wildman–Crippen MR) is 117 cm³/mol. The molecule has 0 aliphatic heterocycles. The lowest BCUT2D eigenvalue weighted by atomic mass is 10.2. The SMILES string of the molecule is O=C(NCc1ccccc1Cl)C(=O)NC[C@@H](c1cccs1)S(=O)(=O)c1ccc(F)cc1. The smallest absolute Gasteiger partial charge is 0.309 e. The second kappa shape index (κ2) is 10.0. The van der Waals surface area contributed by atoms with E-state index in [9.17, 15) is 22.4 Å². The molecule has 3 aromatic rings. The molecule has 1 aromatic heterocycles. The van der Waals surface area contributed by atoms with Crippen molar-refractivity contribution in [1.29, 1.82) is 0 Å². The number of halogens is 2.